The van der Waals surface area contributed by atoms with Gasteiger partial charge in [0.25, 0.3) is 0 Å². The molecule has 0 amide bonds. The molecule has 0 aromatic heterocycles. The van der Waals surface area contributed by atoms with E-state index >= 15 is 0 Å². The number of nitrogens with zero attached hydrogens (tertiary/aromatic N) is 2. The van der Waals surface area contributed by atoms with Crippen molar-refractivity contribution in [2.24, 2.45) is 0 Å². The highest BCUT2D eigenvalue weighted by Crippen LogP contribution is 2.13. The van der Waals surface area contributed by atoms with Gasteiger partial charge in [0.15, 0.2) is 0 Å². The average Bonchev–Trinajstić information content (AvgIpc) is 2.38. The minimum Gasteiger partial charge on any atom is -1.00 e. The van der Waals surface area contributed by atoms with Gasteiger partial charge in [-0.25, -0.2) is 0 Å². The Labute approximate surface area is 137 Å². The van der Waals surface area contributed by atoms with Crippen LogP contribution in [-0.2, 0) is 0 Å². The quantitative estimate of drug-likeness (QED) is 0.225. The number of nitriles is 1. The number of hydrogen-bond donors (Lipinski definition) is 0. The van der Waals surface area contributed by atoms with Crippen LogP contribution in [0.25, 0.3) is 0 Å². The summed E-state index contributed by atoms with van der Waals surface area (Å²) in [6.45, 7) is 3.47. The van der Waals surface area contributed by atoms with Gasteiger partial charge < -0.3 is 16.9 Å². The van der Waals surface area contributed by atoms with Crippen molar-refractivity contribution in [3.8, 4) is 5.40 Å². The lowest BCUT2D eigenvalue weighted by atomic mass is 10.1. The molecule has 120 valence electrons. The maximum absolute atomic E-state index is 8.58. The van der Waals surface area contributed by atoms with Crippen molar-refractivity contribution >= 4 is 11.8 Å². The van der Waals surface area contributed by atoms with Gasteiger partial charge in [0, 0.05) is 11.8 Å². The van der Waals surface area contributed by atoms with E-state index in [0.29, 0.717) is 0 Å². The molecule has 0 saturated carbocycles. The van der Waals surface area contributed by atoms with Crippen molar-refractivity contribution in [1.82, 2.24) is 0 Å². The van der Waals surface area contributed by atoms with Crippen LogP contribution in [0.15, 0.2) is 0 Å². The molecule has 0 aromatic carbocycles. The number of hydrogen-bond acceptors (Lipinski definition) is 2. The van der Waals surface area contributed by atoms with E-state index < -0.39 is 0 Å². The van der Waals surface area contributed by atoms with Crippen molar-refractivity contribution in [3.63, 3.8) is 0 Å². The summed E-state index contributed by atoms with van der Waals surface area (Å²) in [4.78, 5) is 0. The van der Waals surface area contributed by atoms with Gasteiger partial charge in [-0.15, -0.1) is 0 Å². The Kier molecular flexibility index (Phi) is 17.3. The van der Waals surface area contributed by atoms with Crippen LogP contribution in [0.2, 0.25) is 0 Å². The highest BCUT2D eigenvalue weighted by atomic mass is 35.5. The van der Waals surface area contributed by atoms with E-state index in [1.54, 1.807) is 0 Å². The highest BCUT2D eigenvalue weighted by Gasteiger charge is 2.13. The fourth-order valence-corrected chi connectivity index (χ4v) is 2.83. The van der Waals surface area contributed by atoms with E-state index in [1.807, 2.05) is 0 Å². The van der Waals surface area contributed by atoms with E-state index in [9.17, 15) is 0 Å². The van der Waals surface area contributed by atoms with Crippen LogP contribution >= 0.6 is 11.8 Å². The SMILES string of the molecule is CCCCCCCCCCCC[N+](C)(C)CSC#N.[Cl-]. The van der Waals surface area contributed by atoms with Gasteiger partial charge in [-0.05, 0) is 12.8 Å². The number of thioether (sulfide) groups is 1. The van der Waals surface area contributed by atoms with Crippen LogP contribution in [0, 0.1) is 10.7 Å². The zero-order valence-corrected chi connectivity index (χ0v) is 15.2. The molecule has 0 fully saturated rings. The van der Waals surface area contributed by atoms with Crippen molar-refractivity contribution in [2.75, 3.05) is 26.5 Å². The van der Waals surface area contributed by atoms with Crippen molar-refractivity contribution < 1.29 is 16.9 Å². The molecule has 4 heteroatoms. The molecule has 0 bridgehead atoms. The first-order valence-corrected chi connectivity index (χ1v) is 8.94. The lowest BCUT2D eigenvalue weighted by molar-refractivity contribution is -0.877. The van der Waals surface area contributed by atoms with Gasteiger partial charge >= 0.3 is 0 Å². The van der Waals surface area contributed by atoms with Crippen LogP contribution in [0.5, 0.6) is 0 Å². The Morgan fingerprint density at radius 1 is 0.850 bits per heavy atom. The molecule has 0 heterocycles. The van der Waals surface area contributed by atoms with Gasteiger partial charge in [-0.2, -0.15) is 5.26 Å². The van der Waals surface area contributed by atoms with Gasteiger partial charge in [-0.3, -0.25) is 0 Å². The van der Waals surface area contributed by atoms with Gasteiger partial charge in [0.2, 0.25) is 0 Å². The third kappa shape index (κ3) is 16.1. The predicted octanol–water partition coefficient (Wildman–Crippen LogP) is 2.16. The van der Waals surface area contributed by atoms with Crippen LogP contribution in [0.3, 0.4) is 0 Å². The minimum absolute atomic E-state index is 0. The molecule has 20 heavy (non-hydrogen) atoms. The Bertz CT molecular complexity index is 239. The van der Waals surface area contributed by atoms with Crippen LogP contribution in [-0.4, -0.2) is 31.0 Å². The molecule has 0 aliphatic carbocycles. The van der Waals surface area contributed by atoms with Crippen molar-refractivity contribution in [3.05, 3.63) is 0 Å². The normalized spacial score (nSPS) is 10.9. The molecule has 0 unspecified atom stereocenters. The summed E-state index contributed by atoms with van der Waals surface area (Å²) in [7, 11) is 4.44. The largest absolute Gasteiger partial charge is 1.00 e. The summed E-state index contributed by atoms with van der Waals surface area (Å²) >= 11 is 1.37. The molecule has 0 spiro atoms. The number of rotatable bonds is 13. The molecule has 0 radical (unpaired) electrons. The van der Waals surface area contributed by atoms with Gasteiger partial charge in [0.1, 0.15) is 11.3 Å². The predicted molar refractivity (Wildman–Crippen MR) is 86.9 cm³/mol. The van der Waals surface area contributed by atoms with Crippen molar-refractivity contribution in [1.29, 1.82) is 5.26 Å². The Hall–Kier alpha value is 0.0900. The Morgan fingerprint density at radius 2 is 1.30 bits per heavy atom. The highest BCUT2D eigenvalue weighted by molar-refractivity contribution is 8.03. The monoisotopic (exact) mass is 320 g/mol. The van der Waals surface area contributed by atoms with Gasteiger partial charge in [0.05, 0.1) is 20.6 Å². The van der Waals surface area contributed by atoms with Crippen LogP contribution in [0.1, 0.15) is 71.1 Å². The summed E-state index contributed by atoms with van der Waals surface area (Å²) in [6.07, 6.45) is 13.9. The third-order valence-corrected chi connectivity index (χ3v) is 4.55. The summed E-state index contributed by atoms with van der Waals surface area (Å²) in [5.74, 6) is 0.911. The zero-order valence-electron chi connectivity index (χ0n) is 13.7. The first-order chi connectivity index (χ1) is 9.12. The van der Waals surface area contributed by atoms with Crippen LogP contribution < -0.4 is 12.4 Å². The zero-order chi connectivity index (χ0) is 14.4. The van der Waals surface area contributed by atoms with Crippen LogP contribution in [0.4, 0.5) is 0 Å². The fraction of sp³-hybridized carbons (Fsp3) is 0.938. The standard InChI is InChI=1S/C16H33N2S.ClH/c1-4-5-6-7-8-9-10-11-12-13-14-18(2,3)16-19-15-17;/h4-14,16H2,1-3H3;1H/q+1;/p-1. The van der Waals surface area contributed by atoms with Crippen molar-refractivity contribution in [2.45, 2.75) is 71.1 Å². The second kappa shape index (κ2) is 15.5. The summed E-state index contributed by atoms with van der Waals surface area (Å²) in [5, 5.41) is 10.7. The summed E-state index contributed by atoms with van der Waals surface area (Å²) in [5.41, 5.74) is 0. The van der Waals surface area contributed by atoms with E-state index in [2.05, 4.69) is 26.4 Å². The molecule has 0 N–H and O–H groups in total. The first-order valence-electron chi connectivity index (χ1n) is 7.95. The molecule has 0 atom stereocenters. The molecule has 0 aliphatic rings. The van der Waals surface area contributed by atoms with E-state index in [4.69, 9.17) is 5.26 Å². The van der Waals surface area contributed by atoms with Gasteiger partial charge in [-0.1, -0.05) is 58.3 Å². The molecular formula is C16H33ClN2S. The molecule has 2 nitrogen and oxygen atoms in total. The lowest BCUT2D eigenvalue weighted by Crippen LogP contribution is -3.00. The third-order valence-electron chi connectivity index (χ3n) is 3.60. The molecule has 0 aliphatic heterocycles. The fourth-order valence-electron chi connectivity index (χ4n) is 2.30. The number of halogens is 1. The van der Waals surface area contributed by atoms with E-state index in [0.717, 1.165) is 10.4 Å². The second-order valence-corrected chi connectivity index (χ2v) is 6.94. The average molecular weight is 321 g/mol. The maximum Gasteiger partial charge on any atom is 0.139 e. The molecule has 0 rings (SSSR count). The summed E-state index contributed by atoms with van der Waals surface area (Å²) in [6, 6.07) is 0. The lowest BCUT2D eigenvalue weighted by Gasteiger charge is -2.28. The molecular weight excluding hydrogens is 288 g/mol. The summed E-state index contributed by atoms with van der Waals surface area (Å²) < 4.78 is 0.968. The molecule has 0 aromatic rings. The minimum atomic E-state index is 0. The molecule has 0 saturated heterocycles. The van der Waals surface area contributed by atoms with E-state index in [-0.39, 0.29) is 12.4 Å². The number of quaternary nitrogens is 1. The number of thiocyanates is 1. The topological polar surface area (TPSA) is 23.8 Å². The Balaban J connectivity index is 0. The smallest absolute Gasteiger partial charge is 0.139 e. The first kappa shape index (κ1) is 22.4. The van der Waals surface area contributed by atoms with E-state index in [1.165, 1.54) is 82.5 Å². The Morgan fingerprint density at radius 3 is 1.75 bits per heavy atom. The maximum atomic E-state index is 8.58. The number of unbranched alkanes of at least 4 members (excludes halogenated alkanes) is 9. The second-order valence-electron chi connectivity index (χ2n) is 6.21.